The van der Waals surface area contributed by atoms with Gasteiger partial charge in [0.25, 0.3) is 5.91 Å². The van der Waals surface area contributed by atoms with Crippen LogP contribution < -0.4 is 5.32 Å². The predicted octanol–water partition coefficient (Wildman–Crippen LogP) is 6.30. The van der Waals surface area contributed by atoms with E-state index < -0.39 is 17.5 Å². The van der Waals surface area contributed by atoms with Crippen LogP contribution >= 0.6 is 15.9 Å². The molecule has 0 fully saturated rings. The number of hydrogen-bond acceptors (Lipinski definition) is 2. The third-order valence-corrected chi connectivity index (χ3v) is 5.05. The van der Waals surface area contributed by atoms with Gasteiger partial charge in [0.1, 0.15) is 11.6 Å². The van der Waals surface area contributed by atoms with Gasteiger partial charge in [-0.15, -0.1) is 0 Å². The van der Waals surface area contributed by atoms with Crippen LogP contribution in [0.4, 0.5) is 14.5 Å². The third-order valence-electron chi connectivity index (χ3n) is 4.56. The Morgan fingerprint density at radius 3 is 2.59 bits per heavy atom. The van der Waals surface area contributed by atoms with Crippen molar-refractivity contribution in [2.24, 2.45) is 0 Å². The molecule has 1 heterocycles. The molecule has 0 aliphatic rings. The summed E-state index contributed by atoms with van der Waals surface area (Å²) in [5.41, 5.74) is 2.97. The Hall–Kier alpha value is -3.12. The molecule has 0 unspecified atom stereocenters. The average Bonchev–Trinajstić information content (AvgIpc) is 2.70. The summed E-state index contributed by atoms with van der Waals surface area (Å²) in [6.07, 6.45) is 0. The number of benzene rings is 3. The third kappa shape index (κ3) is 3.76. The van der Waals surface area contributed by atoms with E-state index in [-0.39, 0.29) is 5.69 Å². The van der Waals surface area contributed by atoms with Crippen LogP contribution in [0.3, 0.4) is 0 Å². The van der Waals surface area contributed by atoms with Gasteiger partial charge in [0.2, 0.25) is 0 Å². The summed E-state index contributed by atoms with van der Waals surface area (Å²) in [6.45, 7) is 1.80. The van der Waals surface area contributed by atoms with Crippen LogP contribution in [0.25, 0.3) is 22.2 Å². The van der Waals surface area contributed by atoms with Gasteiger partial charge in [0.05, 0.1) is 22.5 Å². The van der Waals surface area contributed by atoms with E-state index in [9.17, 15) is 13.6 Å². The summed E-state index contributed by atoms with van der Waals surface area (Å²) in [4.78, 5) is 17.9. The molecule has 0 atom stereocenters. The van der Waals surface area contributed by atoms with Gasteiger partial charge in [-0.25, -0.2) is 13.8 Å². The Labute approximate surface area is 174 Å². The summed E-state index contributed by atoms with van der Waals surface area (Å²) in [5.74, 6) is -2.17. The molecule has 0 saturated heterocycles. The number of hydrogen-bond donors (Lipinski definition) is 1. The van der Waals surface area contributed by atoms with Gasteiger partial charge in [-0.05, 0) is 36.8 Å². The number of halogens is 3. The first-order valence-corrected chi connectivity index (χ1v) is 9.56. The minimum Gasteiger partial charge on any atom is -0.319 e. The number of rotatable bonds is 3. The first kappa shape index (κ1) is 19.2. The Kier molecular flexibility index (Phi) is 5.11. The molecular weight excluding hydrogens is 438 g/mol. The van der Waals surface area contributed by atoms with Gasteiger partial charge in [0.15, 0.2) is 0 Å². The number of nitrogens with one attached hydrogen (secondary N) is 1. The fourth-order valence-corrected chi connectivity index (χ4v) is 3.58. The van der Waals surface area contributed by atoms with Crippen LogP contribution in [-0.4, -0.2) is 10.9 Å². The first-order chi connectivity index (χ1) is 13.9. The molecule has 3 aromatic carbocycles. The van der Waals surface area contributed by atoms with Crippen LogP contribution in [0.5, 0.6) is 0 Å². The van der Waals surface area contributed by atoms with Crippen molar-refractivity contribution in [2.45, 2.75) is 6.92 Å². The van der Waals surface area contributed by atoms with Crippen LogP contribution in [-0.2, 0) is 0 Å². The topological polar surface area (TPSA) is 42.0 Å². The molecule has 29 heavy (non-hydrogen) atoms. The maximum absolute atomic E-state index is 14.0. The lowest BCUT2D eigenvalue weighted by atomic mass is 9.97. The Balaban J connectivity index is 1.90. The average molecular weight is 452 g/mol. The zero-order valence-electron chi connectivity index (χ0n) is 15.3. The quantitative estimate of drug-likeness (QED) is 0.396. The molecule has 0 aliphatic carbocycles. The van der Waals surface area contributed by atoms with Crippen molar-refractivity contribution >= 4 is 38.4 Å². The van der Waals surface area contributed by atoms with Crippen LogP contribution in [0.2, 0.25) is 0 Å². The lowest BCUT2D eigenvalue weighted by molar-refractivity contribution is 0.102. The van der Waals surface area contributed by atoms with E-state index in [1.807, 2.05) is 42.5 Å². The Morgan fingerprint density at radius 2 is 1.86 bits per heavy atom. The number of pyridine rings is 1. The number of amides is 1. The molecule has 1 N–H and O–H groups in total. The highest BCUT2D eigenvalue weighted by molar-refractivity contribution is 9.10. The highest BCUT2D eigenvalue weighted by Gasteiger charge is 2.20. The minimum atomic E-state index is -0.890. The van der Waals surface area contributed by atoms with Crippen molar-refractivity contribution in [2.75, 3.05) is 5.32 Å². The number of carbonyl (C=O) groups excluding carboxylic acids is 1. The van der Waals surface area contributed by atoms with Crippen molar-refractivity contribution in [1.29, 1.82) is 0 Å². The number of carbonyl (C=O) groups is 1. The summed E-state index contributed by atoms with van der Waals surface area (Å²) >= 11 is 3.42. The molecule has 0 bridgehead atoms. The lowest BCUT2D eigenvalue weighted by Gasteiger charge is -2.15. The molecule has 3 nitrogen and oxygen atoms in total. The molecule has 4 rings (SSSR count). The molecule has 0 saturated carbocycles. The normalized spacial score (nSPS) is 10.9. The second-order valence-electron chi connectivity index (χ2n) is 6.48. The lowest BCUT2D eigenvalue weighted by Crippen LogP contribution is -2.16. The van der Waals surface area contributed by atoms with Gasteiger partial charge in [-0.2, -0.15) is 0 Å². The molecule has 0 spiro atoms. The van der Waals surface area contributed by atoms with E-state index in [1.54, 1.807) is 13.0 Å². The van der Waals surface area contributed by atoms with E-state index in [2.05, 4.69) is 27.3 Å². The number of aromatic nitrogens is 1. The monoisotopic (exact) mass is 451 g/mol. The summed E-state index contributed by atoms with van der Waals surface area (Å²) in [5, 5.41) is 3.13. The van der Waals surface area contributed by atoms with E-state index in [4.69, 9.17) is 4.98 Å². The maximum Gasteiger partial charge on any atom is 0.256 e. The summed E-state index contributed by atoms with van der Waals surface area (Å²) in [6, 6.07) is 19.1. The summed E-state index contributed by atoms with van der Waals surface area (Å²) < 4.78 is 28.0. The molecule has 1 amide bonds. The number of anilines is 1. The maximum atomic E-state index is 14.0. The number of nitrogens with zero attached hydrogens (tertiary/aromatic N) is 1. The molecule has 0 aliphatic heterocycles. The molecule has 4 aromatic rings. The van der Waals surface area contributed by atoms with Gasteiger partial charge >= 0.3 is 0 Å². The van der Waals surface area contributed by atoms with Crippen molar-refractivity contribution in [1.82, 2.24) is 4.98 Å². The van der Waals surface area contributed by atoms with E-state index >= 15 is 0 Å². The van der Waals surface area contributed by atoms with Crippen LogP contribution in [0.15, 0.2) is 65.1 Å². The van der Waals surface area contributed by atoms with Gasteiger partial charge in [-0.3, -0.25) is 4.79 Å². The fourth-order valence-electron chi connectivity index (χ4n) is 3.22. The second-order valence-corrected chi connectivity index (χ2v) is 7.40. The summed E-state index contributed by atoms with van der Waals surface area (Å²) in [7, 11) is 0. The zero-order chi connectivity index (χ0) is 20.5. The number of fused-ring (bicyclic) bond motifs is 1. The van der Waals surface area contributed by atoms with E-state index in [0.717, 1.165) is 16.1 Å². The smallest absolute Gasteiger partial charge is 0.256 e. The minimum absolute atomic E-state index is 0.211. The van der Waals surface area contributed by atoms with Gasteiger partial charge in [-0.1, -0.05) is 46.3 Å². The van der Waals surface area contributed by atoms with Gasteiger partial charge < -0.3 is 5.32 Å². The van der Waals surface area contributed by atoms with Crippen LogP contribution in [0, 0.1) is 24.6 Å². The molecule has 6 heteroatoms. The second kappa shape index (κ2) is 7.72. The Morgan fingerprint density at radius 1 is 1.10 bits per heavy atom. The zero-order valence-corrected chi connectivity index (χ0v) is 16.8. The van der Waals surface area contributed by atoms with Crippen molar-refractivity contribution in [3.8, 4) is 11.3 Å². The highest BCUT2D eigenvalue weighted by Crippen LogP contribution is 2.32. The van der Waals surface area contributed by atoms with E-state index in [0.29, 0.717) is 33.8 Å². The molecular formula is C23H14BrF2N2O. The largest absolute Gasteiger partial charge is 0.319 e. The van der Waals surface area contributed by atoms with Crippen LogP contribution in [0.1, 0.15) is 15.9 Å². The first-order valence-electron chi connectivity index (χ1n) is 8.77. The van der Waals surface area contributed by atoms with E-state index in [1.165, 1.54) is 0 Å². The standard InChI is InChI=1S/C23H14BrF2N2O/c1-13-21(23(29)28-20-10-8-16(25)12-18(20)26)17-11-15(24)7-9-19(17)27-22(13)14-5-3-2-4-6-14/h2-9,11-12H,1H3,(H,28,29). The van der Waals surface area contributed by atoms with Crippen molar-refractivity contribution < 1.29 is 13.6 Å². The Bertz CT molecular complexity index is 1240. The fraction of sp³-hybridized carbons (Fsp3) is 0.0435. The SMILES string of the molecule is Cc1c(-c2ccccc2)nc2ccc(Br)cc2c1C(=O)Nc1[c]cc(F)cc1F. The predicted molar refractivity (Wildman–Crippen MR) is 113 cm³/mol. The molecule has 1 aromatic heterocycles. The van der Waals surface area contributed by atoms with Crippen molar-refractivity contribution in [3.63, 3.8) is 0 Å². The van der Waals surface area contributed by atoms with Crippen molar-refractivity contribution in [3.05, 3.63) is 94.0 Å². The highest BCUT2D eigenvalue weighted by atomic mass is 79.9. The molecule has 143 valence electrons. The van der Waals surface area contributed by atoms with Gasteiger partial charge in [0, 0.05) is 27.6 Å². The molecule has 1 radical (unpaired) electrons.